The number of pyridine rings is 1. The van der Waals surface area contributed by atoms with Crippen LogP contribution >= 0.6 is 11.8 Å². The largest absolute Gasteiger partial charge is 0.323 e. The maximum atomic E-state index is 14.0. The zero-order valence-electron chi connectivity index (χ0n) is 17.6. The van der Waals surface area contributed by atoms with Crippen molar-refractivity contribution in [3.05, 3.63) is 83.9 Å². The van der Waals surface area contributed by atoms with Crippen LogP contribution in [-0.2, 0) is 4.79 Å². The number of anilines is 1. The zero-order valence-corrected chi connectivity index (χ0v) is 18.4. The van der Waals surface area contributed by atoms with Crippen molar-refractivity contribution in [1.82, 2.24) is 19.7 Å². The molecule has 0 aliphatic rings. The third kappa shape index (κ3) is 4.61. The maximum absolute atomic E-state index is 14.0. The number of aryl methyl sites for hydroxylation is 1. The van der Waals surface area contributed by atoms with E-state index in [2.05, 4.69) is 20.5 Å². The molecule has 0 aliphatic heterocycles. The zero-order chi connectivity index (χ0) is 23.5. The highest BCUT2D eigenvalue weighted by atomic mass is 32.2. The van der Waals surface area contributed by atoms with E-state index in [4.69, 9.17) is 0 Å². The highest BCUT2D eigenvalue weighted by molar-refractivity contribution is 8.00. The molecule has 33 heavy (non-hydrogen) atoms. The van der Waals surface area contributed by atoms with Gasteiger partial charge in [-0.2, -0.15) is 0 Å². The van der Waals surface area contributed by atoms with Gasteiger partial charge in [-0.3, -0.25) is 14.3 Å². The molecule has 2 heterocycles. The fourth-order valence-electron chi connectivity index (χ4n) is 3.13. The number of halogens is 3. The second-order valence-corrected chi connectivity index (χ2v) is 8.44. The fraction of sp³-hybridized carbons (Fsp3) is 0.130. The number of hydrogen-bond donors (Lipinski definition) is 1. The Hall–Kier alpha value is -3.66. The number of rotatable bonds is 6. The Morgan fingerprint density at radius 1 is 1.00 bits per heavy atom. The molecule has 2 aromatic heterocycles. The van der Waals surface area contributed by atoms with Crippen LogP contribution in [0.2, 0.25) is 0 Å². The molecule has 1 atom stereocenters. The molecule has 0 spiro atoms. The van der Waals surface area contributed by atoms with E-state index in [0.717, 1.165) is 40.7 Å². The Labute approximate surface area is 191 Å². The molecule has 0 unspecified atom stereocenters. The summed E-state index contributed by atoms with van der Waals surface area (Å²) in [7, 11) is 0. The Morgan fingerprint density at radius 3 is 2.45 bits per heavy atom. The Bertz CT molecular complexity index is 1310. The minimum atomic E-state index is -1.64. The van der Waals surface area contributed by atoms with Gasteiger partial charge in [0.15, 0.2) is 28.4 Å². The van der Waals surface area contributed by atoms with Gasteiger partial charge in [0, 0.05) is 18.0 Å². The molecular formula is C23H18F3N5OS. The third-order valence-corrected chi connectivity index (χ3v) is 5.92. The number of nitrogens with one attached hydrogen (secondary N) is 1. The summed E-state index contributed by atoms with van der Waals surface area (Å²) in [4.78, 5) is 16.7. The lowest BCUT2D eigenvalue weighted by Gasteiger charge is -2.15. The van der Waals surface area contributed by atoms with Gasteiger partial charge in [-0.1, -0.05) is 30.0 Å². The number of hydrogen-bond acceptors (Lipinski definition) is 5. The lowest BCUT2D eigenvalue weighted by Crippen LogP contribution is -2.23. The van der Waals surface area contributed by atoms with Crippen LogP contribution in [-0.4, -0.2) is 30.9 Å². The van der Waals surface area contributed by atoms with E-state index in [-0.39, 0.29) is 0 Å². The van der Waals surface area contributed by atoms with Crippen molar-refractivity contribution in [2.75, 3.05) is 5.32 Å². The monoisotopic (exact) mass is 469 g/mol. The molecule has 0 bridgehead atoms. The van der Waals surface area contributed by atoms with Crippen molar-refractivity contribution in [1.29, 1.82) is 0 Å². The van der Waals surface area contributed by atoms with E-state index in [1.54, 1.807) is 31.5 Å². The standard InChI is InChI=1S/C23H18F3N5OS/c1-13-5-3-4-6-18(13)31-21(15-9-11-27-12-10-15)29-30-23(31)33-14(2)22(32)28-17-8-7-16(24)19(25)20(17)26/h3-12,14H,1-2H3,(H,28,32)/t14-/m1/s1. The van der Waals surface area contributed by atoms with Crippen LogP contribution in [0.25, 0.3) is 17.1 Å². The van der Waals surface area contributed by atoms with E-state index < -0.39 is 34.3 Å². The molecular weight excluding hydrogens is 451 g/mol. The smallest absolute Gasteiger partial charge is 0.237 e. The maximum Gasteiger partial charge on any atom is 0.237 e. The molecule has 0 fully saturated rings. The molecule has 0 saturated carbocycles. The van der Waals surface area contributed by atoms with Gasteiger partial charge in [0.05, 0.1) is 16.6 Å². The second-order valence-electron chi connectivity index (χ2n) is 7.14. The van der Waals surface area contributed by atoms with Gasteiger partial charge in [0.25, 0.3) is 0 Å². The highest BCUT2D eigenvalue weighted by Gasteiger charge is 2.24. The summed E-state index contributed by atoms with van der Waals surface area (Å²) in [6, 6.07) is 13.0. The molecule has 0 aliphatic carbocycles. The summed E-state index contributed by atoms with van der Waals surface area (Å²) in [5.74, 6) is -4.47. The lowest BCUT2D eigenvalue weighted by atomic mass is 10.2. The number of aromatic nitrogens is 4. The number of benzene rings is 2. The van der Waals surface area contributed by atoms with Crippen LogP contribution in [0, 0.1) is 24.4 Å². The number of carbonyl (C=O) groups excluding carboxylic acids is 1. The number of nitrogens with zero attached hydrogens (tertiary/aromatic N) is 4. The Kier molecular flexibility index (Phi) is 6.45. The molecule has 1 amide bonds. The number of para-hydroxylation sites is 1. The van der Waals surface area contributed by atoms with E-state index in [0.29, 0.717) is 11.0 Å². The van der Waals surface area contributed by atoms with E-state index in [1.165, 1.54) is 0 Å². The first-order chi connectivity index (χ1) is 15.9. The number of thioether (sulfide) groups is 1. The second kappa shape index (κ2) is 9.45. The molecule has 10 heteroatoms. The van der Waals surface area contributed by atoms with Gasteiger partial charge in [0.2, 0.25) is 5.91 Å². The number of carbonyl (C=O) groups is 1. The minimum absolute atomic E-state index is 0.435. The van der Waals surface area contributed by atoms with Crippen LogP contribution in [0.4, 0.5) is 18.9 Å². The summed E-state index contributed by atoms with van der Waals surface area (Å²) in [6.07, 6.45) is 3.29. The van der Waals surface area contributed by atoms with Crippen molar-refractivity contribution in [2.45, 2.75) is 24.3 Å². The molecule has 1 N–H and O–H groups in total. The van der Waals surface area contributed by atoms with Gasteiger partial charge >= 0.3 is 0 Å². The van der Waals surface area contributed by atoms with Gasteiger partial charge in [-0.15, -0.1) is 10.2 Å². The van der Waals surface area contributed by atoms with E-state index >= 15 is 0 Å². The quantitative estimate of drug-likeness (QED) is 0.311. The highest BCUT2D eigenvalue weighted by Crippen LogP contribution is 2.31. The van der Waals surface area contributed by atoms with Gasteiger partial charge in [-0.25, -0.2) is 13.2 Å². The van der Waals surface area contributed by atoms with Gasteiger partial charge < -0.3 is 5.32 Å². The fourth-order valence-corrected chi connectivity index (χ4v) is 3.99. The van der Waals surface area contributed by atoms with Gasteiger partial charge in [-0.05, 0) is 49.7 Å². The topological polar surface area (TPSA) is 72.7 Å². The minimum Gasteiger partial charge on any atom is -0.323 e. The molecule has 168 valence electrons. The molecule has 0 saturated heterocycles. The Morgan fingerprint density at radius 2 is 1.73 bits per heavy atom. The van der Waals surface area contributed by atoms with Crippen LogP contribution in [0.3, 0.4) is 0 Å². The average molecular weight is 469 g/mol. The first-order valence-electron chi connectivity index (χ1n) is 9.89. The van der Waals surface area contributed by atoms with Crippen molar-refractivity contribution in [3.8, 4) is 17.1 Å². The lowest BCUT2D eigenvalue weighted by molar-refractivity contribution is -0.115. The summed E-state index contributed by atoms with van der Waals surface area (Å²) in [5.41, 5.74) is 2.14. The average Bonchev–Trinajstić information content (AvgIpc) is 3.23. The van der Waals surface area contributed by atoms with Crippen LogP contribution < -0.4 is 5.32 Å². The van der Waals surface area contributed by atoms with Crippen molar-refractivity contribution < 1.29 is 18.0 Å². The summed E-state index contributed by atoms with van der Waals surface area (Å²) in [6.45, 7) is 3.54. The summed E-state index contributed by atoms with van der Waals surface area (Å²) in [5, 5.41) is 10.6. The normalized spacial score (nSPS) is 11.9. The van der Waals surface area contributed by atoms with Crippen molar-refractivity contribution in [3.63, 3.8) is 0 Å². The first kappa shape index (κ1) is 22.5. The van der Waals surface area contributed by atoms with Crippen molar-refractivity contribution >= 4 is 23.4 Å². The third-order valence-electron chi connectivity index (χ3n) is 4.87. The van der Waals surface area contributed by atoms with Crippen LogP contribution in [0.15, 0.2) is 66.1 Å². The summed E-state index contributed by atoms with van der Waals surface area (Å²) >= 11 is 1.10. The molecule has 6 nitrogen and oxygen atoms in total. The van der Waals surface area contributed by atoms with Crippen LogP contribution in [0.5, 0.6) is 0 Å². The van der Waals surface area contributed by atoms with E-state index in [9.17, 15) is 18.0 Å². The Balaban J connectivity index is 1.65. The predicted octanol–water partition coefficient (Wildman–Crippen LogP) is 5.17. The first-order valence-corrected chi connectivity index (χ1v) is 10.8. The predicted molar refractivity (Wildman–Crippen MR) is 120 cm³/mol. The molecule has 2 aromatic carbocycles. The molecule has 0 radical (unpaired) electrons. The van der Waals surface area contributed by atoms with Crippen molar-refractivity contribution in [2.24, 2.45) is 0 Å². The molecule has 4 rings (SSSR count). The molecule has 4 aromatic rings. The van der Waals surface area contributed by atoms with Crippen LogP contribution in [0.1, 0.15) is 12.5 Å². The van der Waals surface area contributed by atoms with E-state index in [1.807, 2.05) is 35.8 Å². The summed E-state index contributed by atoms with van der Waals surface area (Å²) < 4.78 is 42.5. The number of amides is 1. The van der Waals surface area contributed by atoms with Gasteiger partial charge in [0.1, 0.15) is 0 Å². The SMILES string of the molecule is Cc1ccccc1-n1c(S[C@H](C)C(=O)Nc2ccc(F)c(F)c2F)nnc1-c1ccncc1.